The molecule has 1 aliphatic rings. The van der Waals surface area contributed by atoms with Crippen molar-refractivity contribution in [3.05, 3.63) is 18.5 Å². The van der Waals surface area contributed by atoms with E-state index in [1.165, 1.54) is 0 Å². The Hall–Kier alpha value is -1.62. The fourth-order valence-electron chi connectivity index (χ4n) is 2.02. The summed E-state index contributed by atoms with van der Waals surface area (Å²) in [6.07, 6.45) is 5.73. The van der Waals surface area contributed by atoms with Gasteiger partial charge in [0, 0.05) is 18.3 Å². The largest absolute Gasteiger partial charge is 0.367 e. The Morgan fingerprint density at radius 1 is 1.31 bits per heavy atom. The molecular formula is C11H14N4O. The zero-order chi connectivity index (χ0) is 10.8. The second-order valence-corrected chi connectivity index (χ2v) is 4.10. The highest BCUT2D eigenvalue weighted by Gasteiger charge is 2.13. The molecule has 0 radical (unpaired) electrons. The summed E-state index contributed by atoms with van der Waals surface area (Å²) >= 11 is 0. The number of hydrogen-bond donors (Lipinski definition) is 2. The van der Waals surface area contributed by atoms with Crippen LogP contribution >= 0.6 is 0 Å². The molecule has 1 fully saturated rings. The number of fused-ring (bicyclic) bond motifs is 1. The SMILES string of the molecule is c1noc2cc(NC3CCNCC3)ncc12. The molecule has 0 atom stereocenters. The molecule has 0 amide bonds. The number of aromatic nitrogens is 2. The van der Waals surface area contributed by atoms with E-state index in [4.69, 9.17) is 4.52 Å². The summed E-state index contributed by atoms with van der Waals surface area (Å²) < 4.78 is 5.11. The Morgan fingerprint density at radius 3 is 3.06 bits per heavy atom. The molecule has 3 heterocycles. The van der Waals surface area contributed by atoms with E-state index in [2.05, 4.69) is 20.8 Å². The molecule has 0 spiro atoms. The minimum Gasteiger partial charge on any atom is -0.367 e. The molecule has 1 aliphatic heterocycles. The lowest BCUT2D eigenvalue weighted by Crippen LogP contribution is -2.35. The van der Waals surface area contributed by atoms with Crippen LogP contribution in [-0.4, -0.2) is 29.3 Å². The fraction of sp³-hybridized carbons (Fsp3) is 0.455. The summed E-state index contributed by atoms with van der Waals surface area (Å²) in [5.74, 6) is 0.871. The van der Waals surface area contributed by atoms with E-state index in [0.29, 0.717) is 6.04 Å². The van der Waals surface area contributed by atoms with E-state index >= 15 is 0 Å². The van der Waals surface area contributed by atoms with Gasteiger partial charge in [0.15, 0.2) is 5.58 Å². The van der Waals surface area contributed by atoms with Crippen LogP contribution in [0.2, 0.25) is 0 Å². The van der Waals surface area contributed by atoms with Crippen molar-refractivity contribution in [1.29, 1.82) is 0 Å². The fourth-order valence-corrected chi connectivity index (χ4v) is 2.02. The molecule has 2 N–H and O–H groups in total. The number of pyridine rings is 1. The topological polar surface area (TPSA) is 63.0 Å². The lowest BCUT2D eigenvalue weighted by Gasteiger charge is -2.23. The first-order valence-corrected chi connectivity index (χ1v) is 5.59. The highest BCUT2D eigenvalue weighted by Crippen LogP contribution is 2.17. The molecule has 5 heteroatoms. The quantitative estimate of drug-likeness (QED) is 0.797. The molecule has 0 aromatic carbocycles. The van der Waals surface area contributed by atoms with Gasteiger partial charge in [-0.2, -0.15) is 0 Å². The first kappa shape index (κ1) is 9.59. The molecule has 2 aromatic heterocycles. The number of hydrogen-bond acceptors (Lipinski definition) is 5. The van der Waals surface area contributed by atoms with E-state index in [1.807, 2.05) is 6.07 Å². The predicted octanol–water partition coefficient (Wildman–Crippen LogP) is 1.39. The van der Waals surface area contributed by atoms with Crippen molar-refractivity contribution in [2.45, 2.75) is 18.9 Å². The average Bonchev–Trinajstić information content (AvgIpc) is 2.77. The summed E-state index contributed by atoms with van der Waals surface area (Å²) in [6, 6.07) is 2.42. The highest BCUT2D eigenvalue weighted by molar-refractivity contribution is 5.77. The second-order valence-electron chi connectivity index (χ2n) is 4.10. The average molecular weight is 218 g/mol. The molecule has 5 nitrogen and oxygen atoms in total. The Kier molecular flexibility index (Phi) is 2.46. The van der Waals surface area contributed by atoms with Gasteiger partial charge >= 0.3 is 0 Å². The molecular weight excluding hydrogens is 204 g/mol. The van der Waals surface area contributed by atoms with Crippen LogP contribution in [0.25, 0.3) is 11.0 Å². The van der Waals surface area contributed by atoms with Crippen molar-refractivity contribution in [3.63, 3.8) is 0 Å². The van der Waals surface area contributed by atoms with Crippen molar-refractivity contribution in [2.24, 2.45) is 0 Å². The zero-order valence-corrected chi connectivity index (χ0v) is 8.94. The monoisotopic (exact) mass is 218 g/mol. The summed E-state index contributed by atoms with van der Waals surface area (Å²) in [5, 5.41) is 11.4. The maximum Gasteiger partial charge on any atom is 0.172 e. The summed E-state index contributed by atoms with van der Waals surface area (Å²) in [7, 11) is 0. The summed E-state index contributed by atoms with van der Waals surface area (Å²) in [6.45, 7) is 2.14. The maximum absolute atomic E-state index is 5.11. The van der Waals surface area contributed by atoms with Crippen molar-refractivity contribution in [3.8, 4) is 0 Å². The smallest absolute Gasteiger partial charge is 0.172 e. The van der Waals surface area contributed by atoms with Gasteiger partial charge in [-0.3, -0.25) is 0 Å². The van der Waals surface area contributed by atoms with Crippen molar-refractivity contribution in [1.82, 2.24) is 15.5 Å². The van der Waals surface area contributed by atoms with Gasteiger partial charge < -0.3 is 15.2 Å². The lowest BCUT2D eigenvalue weighted by atomic mass is 10.1. The van der Waals surface area contributed by atoms with Gasteiger partial charge in [0.2, 0.25) is 0 Å². The molecule has 0 saturated carbocycles. The van der Waals surface area contributed by atoms with Gasteiger partial charge in [0.25, 0.3) is 0 Å². The van der Waals surface area contributed by atoms with Crippen LogP contribution in [0.5, 0.6) is 0 Å². The van der Waals surface area contributed by atoms with Crippen LogP contribution in [0, 0.1) is 0 Å². The van der Waals surface area contributed by atoms with Gasteiger partial charge in [-0.15, -0.1) is 0 Å². The molecule has 16 heavy (non-hydrogen) atoms. The molecule has 0 aliphatic carbocycles. The van der Waals surface area contributed by atoms with Crippen LogP contribution in [0.3, 0.4) is 0 Å². The number of nitrogens with zero attached hydrogens (tertiary/aromatic N) is 2. The second kappa shape index (κ2) is 4.09. The van der Waals surface area contributed by atoms with E-state index in [-0.39, 0.29) is 0 Å². The van der Waals surface area contributed by atoms with Gasteiger partial charge in [0.05, 0.1) is 11.6 Å². The zero-order valence-electron chi connectivity index (χ0n) is 8.94. The summed E-state index contributed by atoms with van der Waals surface area (Å²) in [4.78, 5) is 4.34. The Morgan fingerprint density at radius 2 is 2.19 bits per heavy atom. The number of nitrogens with one attached hydrogen (secondary N) is 2. The maximum atomic E-state index is 5.11. The van der Waals surface area contributed by atoms with Gasteiger partial charge in [0.1, 0.15) is 5.82 Å². The minimum absolute atomic E-state index is 0.508. The molecule has 3 rings (SSSR count). The van der Waals surface area contributed by atoms with Crippen molar-refractivity contribution >= 4 is 16.8 Å². The Labute approximate surface area is 93.2 Å². The first-order valence-electron chi connectivity index (χ1n) is 5.59. The van der Waals surface area contributed by atoms with E-state index in [1.54, 1.807) is 12.4 Å². The Bertz CT molecular complexity index is 476. The van der Waals surface area contributed by atoms with E-state index in [0.717, 1.165) is 42.7 Å². The van der Waals surface area contributed by atoms with Crippen LogP contribution in [0.15, 0.2) is 23.0 Å². The summed E-state index contributed by atoms with van der Waals surface area (Å²) in [5.41, 5.74) is 0.784. The van der Waals surface area contributed by atoms with E-state index in [9.17, 15) is 0 Å². The predicted molar refractivity (Wildman–Crippen MR) is 61.3 cm³/mol. The third-order valence-corrected chi connectivity index (χ3v) is 2.93. The third-order valence-electron chi connectivity index (χ3n) is 2.93. The normalized spacial score (nSPS) is 17.8. The van der Waals surface area contributed by atoms with Crippen LogP contribution in [0.4, 0.5) is 5.82 Å². The first-order chi connectivity index (χ1) is 7.92. The minimum atomic E-state index is 0.508. The van der Waals surface area contributed by atoms with Crippen molar-refractivity contribution < 1.29 is 4.52 Å². The van der Waals surface area contributed by atoms with Crippen LogP contribution in [-0.2, 0) is 0 Å². The standard InChI is InChI=1S/C11H14N4O/c1-3-12-4-2-9(1)15-11-5-10-8(6-13-11)7-14-16-10/h5-7,9,12H,1-4H2,(H,13,15). The third kappa shape index (κ3) is 1.86. The number of piperidine rings is 1. The molecule has 2 aromatic rings. The molecule has 84 valence electrons. The molecule has 0 bridgehead atoms. The van der Waals surface area contributed by atoms with Gasteiger partial charge in [-0.25, -0.2) is 4.98 Å². The van der Waals surface area contributed by atoms with Crippen LogP contribution < -0.4 is 10.6 Å². The van der Waals surface area contributed by atoms with Crippen molar-refractivity contribution in [2.75, 3.05) is 18.4 Å². The number of rotatable bonds is 2. The lowest BCUT2D eigenvalue weighted by molar-refractivity contribution is 0.456. The Balaban J connectivity index is 1.77. The van der Waals surface area contributed by atoms with Crippen LogP contribution in [0.1, 0.15) is 12.8 Å². The van der Waals surface area contributed by atoms with E-state index < -0.39 is 0 Å². The molecule has 0 unspecified atom stereocenters. The van der Waals surface area contributed by atoms with Gasteiger partial charge in [-0.05, 0) is 25.9 Å². The van der Waals surface area contributed by atoms with Gasteiger partial charge in [-0.1, -0.05) is 5.16 Å². The highest BCUT2D eigenvalue weighted by atomic mass is 16.5. The number of anilines is 1. The molecule has 1 saturated heterocycles.